The van der Waals surface area contributed by atoms with E-state index in [0.29, 0.717) is 31.0 Å². The van der Waals surface area contributed by atoms with Crippen molar-refractivity contribution >= 4 is 16.9 Å². The molecule has 2 aromatic carbocycles. The smallest absolute Gasteiger partial charge is 0.228 e. The average molecular weight is 336 g/mol. The van der Waals surface area contributed by atoms with Gasteiger partial charge >= 0.3 is 0 Å². The van der Waals surface area contributed by atoms with Crippen LogP contribution in [0.5, 0.6) is 0 Å². The van der Waals surface area contributed by atoms with E-state index >= 15 is 0 Å². The fourth-order valence-electron chi connectivity index (χ4n) is 3.37. The number of ether oxygens (including phenoxy) is 1. The molecule has 5 heteroatoms. The topological polar surface area (TPSA) is 55.6 Å². The lowest BCUT2D eigenvalue weighted by Crippen LogP contribution is -2.50. The van der Waals surface area contributed by atoms with E-state index in [0.717, 1.165) is 10.9 Å². The highest BCUT2D eigenvalue weighted by molar-refractivity contribution is 5.86. The van der Waals surface area contributed by atoms with Crippen LogP contribution in [0, 0.1) is 0 Å². The van der Waals surface area contributed by atoms with E-state index in [1.807, 2.05) is 66.4 Å². The van der Waals surface area contributed by atoms with E-state index in [1.54, 1.807) is 0 Å². The Bertz CT molecular complexity index is 890. The van der Waals surface area contributed by atoms with Gasteiger partial charge in [0, 0.05) is 11.9 Å². The zero-order valence-electron chi connectivity index (χ0n) is 14.1. The van der Waals surface area contributed by atoms with E-state index < -0.39 is 5.60 Å². The van der Waals surface area contributed by atoms with Crippen LogP contribution >= 0.6 is 0 Å². The third-order valence-electron chi connectivity index (χ3n) is 4.78. The lowest BCUT2D eigenvalue weighted by Gasteiger charge is -2.40. The molecular weight excluding hydrogens is 316 g/mol. The van der Waals surface area contributed by atoms with Crippen LogP contribution in [-0.2, 0) is 21.6 Å². The van der Waals surface area contributed by atoms with Crippen molar-refractivity contribution < 1.29 is 14.1 Å². The largest absolute Gasteiger partial charge is 0.367 e. The molecular formula is C20H20N2O3. The summed E-state index contributed by atoms with van der Waals surface area (Å²) in [5.41, 5.74) is 2.00. The molecule has 1 aliphatic rings. The second-order valence-electron chi connectivity index (χ2n) is 6.56. The number of amides is 1. The standard InChI is InChI=1S/C20H20N2O3/c1-20(15-7-3-2-4-8-15)14-22(11-12-24-20)19(23)13-17-16-9-5-6-10-18(16)25-21-17/h2-10H,11-14H2,1H3. The number of carbonyl (C=O) groups is 1. The van der Waals surface area contributed by atoms with Gasteiger partial charge in [-0.2, -0.15) is 0 Å². The highest BCUT2D eigenvalue weighted by Gasteiger charge is 2.35. The first kappa shape index (κ1) is 15.8. The molecule has 0 aliphatic carbocycles. The normalized spacial score (nSPS) is 20.8. The first-order valence-electron chi connectivity index (χ1n) is 8.46. The van der Waals surface area contributed by atoms with E-state index in [-0.39, 0.29) is 12.3 Å². The number of benzene rings is 2. The number of hydrogen-bond acceptors (Lipinski definition) is 4. The van der Waals surface area contributed by atoms with Crippen molar-refractivity contribution in [1.29, 1.82) is 0 Å². The van der Waals surface area contributed by atoms with Gasteiger partial charge in [-0.3, -0.25) is 4.79 Å². The van der Waals surface area contributed by atoms with E-state index in [9.17, 15) is 4.79 Å². The van der Waals surface area contributed by atoms with Gasteiger partial charge in [-0.25, -0.2) is 0 Å². The first-order valence-corrected chi connectivity index (χ1v) is 8.46. The molecule has 1 aromatic heterocycles. The number of aromatic nitrogens is 1. The van der Waals surface area contributed by atoms with Crippen molar-refractivity contribution in [2.75, 3.05) is 19.7 Å². The fourth-order valence-corrected chi connectivity index (χ4v) is 3.37. The number of carbonyl (C=O) groups excluding carboxylic acids is 1. The van der Waals surface area contributed by atoms with Gasteiger partial charge in [0.1, 0.15) is 11.3 Å². The molecule has 0 radical (unpaired) electrons. The van der Waals surface area contributed by atoms with Gasteiger partial charge in [0.2, 0.25) is 5.91 Å². The summed E-state index contributed by atoms with van der Waals surface area (Å²) in [7, 11) is 0. The Balaban J connectivity index is 1.52. The van der Waals surface area contributed by atoms with Crippen LogP contribution in [-0.4, -0.2) is 35.7 Å². The summed E-state index contributed by atoms with van der Waals surface area (Å²) < 4.78 is 11.3. The minimum Gasteiger partial charge on any atom is -0.367 e. The van der Waals surface area contributed by atoms with Gasteiger partial charge < -0.3 is 14.2 Å². The van der Waals surface area contributed by atoms with Gasteiger partial charge in [-0.1, -0.05) is 47.6 Å². The Hall–Kier alpha value is -2.66. The molecule has 0 N–H and O–H groups in total. The van der Waals surface area contributed by atoms with Crippen molar-refractivity contribution in [1.82, 2.24) is 10.1 Å². The molecule has 1 unspecified atom stereocenters. The van der Waals surface area contributed by atoms with Crippen LogP contribution in [0.1, 0.15) is 18.2 Å². The van der Waals surface area contributed by atoms with E-state index in [2.05, 4.69) is 5.16 Å². The predicted octanol–water partition coefficient (Wildman–Crippen LogP) is 3.14. The highest BCUT2D eigenvalue weighted by Crippen LogP contribution is 2.29. The van der Waals surface area contributed by atoms with Crippen LogP contribution in [0.4, 0.5) is 0 Å². The molecule has 0 saturated carbocycles. The van der Waals surface area contributed by atoms with Crippen molar-refractivity contribution in [2.24, 2.45) is 0 Å². The molecule has 0 bridgehead atoms. The summed E-state index contributed by atoms with van der Waals surface area (Å²) in [6, 6.07) is 17.7. The molecule has 128 valence electrons. The minimum atomic E-state index is -0.485. The lowest BCUT2D eigenvalue weighted by molar-refractivity contribution is -0.149. The monoisotopic (exact) mass is 336 g/mol. The summed E-state index contributed by atoms with van der Waals surface area (Å²) in [6.45, 7) is 3.69. The fraction of sp³-hybridized carbons (Fsp3) is 0.300. The summed E-state index contributed by atoms with van der Waals surface area (Å²) in [5, 5.41) is 4.97. The third kappa shape index (κ3) is 3.03. The molecule has 0 spiro atoms. The van der Waals surface area contributed by atoms with Gasteiger partial charge in [-0.15, -0.1) is 0 Å². The molecule has 1 atom stereocenters. The second-order valence-corrected chi connectivity index (χ2v) is 6.56. The zero-order valence-corrected chi connectivity index (χ0v) is 14.1. The maximum absolute atomic E-state index is 12.8. The number of morpholine rings is 1. The Morgan fingerprint density at radius 3 is 2.76 bits per heavy atom. The minimum absolute atomic E-state index is 0.0458. The highest BCUT2D eigenvalue weighted by atomic mass is 16.5. The van der Waals surface area contributed by atoms with Crippen molar-refractivity contribution in [3.05, 3.63) is 65.9 Å². The average Bonchev–Trinajstić information content (AvgIpc) is 3.06. The van der Waals surface area contributed by atoms with Crippen molar-refractivity contribution in [3.8, 4) is 0 Å². The summed E-state index contributed by atoms with van der Waals surface area (Å²) in [4.78, 5) is 14.7. The predicted molar refractivity (Wildman–Crippen MR) is 94.0 cm³/mol. The first-order chi connectivity index (χ1) is 12.2. The zero-order chi connectivity index (χ0) is 17.3. The SMILES string of the molecule is CC1(c2ccccc2)CN(C(=O)Cc2noc3ccccc23)CCO1. The van der Waals surface area contributed by atoms with Crippen LogP contribution in [0.15, 0.2) is 59.1 Å². The molecule has 5 nitrogen and oxygen atoms in total. The van der Waals surface area contributed by atoms with Crippen LogP contribution < -0.4 is 0 Å². The molecule has 1 saturated heterocycles. The molecule has 4 rings (SSSR count). The number of fused-ring (bicyclic) bond motifs is 1. The number of hydrogen-bond donors (Lipinski definition) is 0. The molecule has 1 aliphatic heterocycles. The van der Waals surface area contributed by atoms with Crippen molar-refractivity contribution in [2.45, 2.75) is 18.9 Å². The Labute approximate surface area is 146 Å². The maximum Gasteiger partial charge on any atom is 0.228 e. The quantitative estimate of drug-likeness (QED) is 0.737. The van der Waals surface area contributed by atoms with Gasteiger partial charge in [0.15, 0.2) is 5.58 Å². The number of rotatable bonds is 3. The van der Waals surface area contributed by atoms with Gasteiger partial charge in [-0.05, 0) is 24.6 Å². The number of para-hydroxylation sites is 1. The maximum atomic E-state index is 12.8. The van der Waals surface area contributed by atoms with E-state index in [4.69, 9.17) is 9.26 Å². The Morgan fingerprint density at radius 1 is 1.16 bits per heavy atom. The number of nitrogens with zero attached hydrogens (tertiary/aromatic N) is 2. The summed E-state index contributed by atoms with van der Waals surface area (Å²) >= 11 is 0. The van der Waals surface area contributed by atoms with Crippen LogP contribution in [0.3, 0.4) is 0 Å². The Morgan fingerprint density at radius 2 is 1.92 bits per heavy atom. The van der Waals surface area contributed by atoms with Crippen molar-refractivity contribution in [3.63, 3.8) is 0 Å². The third-order valence-corrected chi connectivity index (χ3v) is 4.78. The Kier molecular flexibility index (Phi) is 4.01. The molecule has 1 fully saturated rings. The van der Waals surface area contributed by atoms with Crippen LogP contribution in [0.25, 0.3) is 11.0 Å². The molecule has 2 heterocycles. The summed E-state index contributed by atoms with van der Waals surface area (Å²) in [5.74, 6) is 0.0458. The molecule has 25 heavy (non-hydrogen) atoms. The van der Waals surface area contributed by atoms with E-state index in [1.165, 1.54) is 0 Å². The van der Waals surface area contributed by atoms with Gasteiger partial charge in [0.05, 0.1) is 19.6 Å². The van der Waals surface area contributed by atoms with Crippen LogP contribution in [0.2, 0.25) is 0 Å². The summed E-state index contributed by atoms with van der Waals surface area (Å²) in [6.07, 6.45) is 0.238. The molecule has 3 aromatic rings. The second kappa shape index (κ2) is 6.33. The lowest BCUT2D eigenvalue weighted by atomic mass is 9.93. The molecule has 1 amide bonds. The van der Waals surface area contributed by atoms with Gasteiger partial charge in [0.25, 0.3) is 0 Å².